The number of ether oxygens (including phenoxy) is 5. The monoisotopic (exact) mass is 594 g/mol. The van der Waals surface area contributed by atoms with Gasteiger partial charge in [-0.15, -0.1) is 0 Å². The Kier molecular flexibility index (Phi) is 18.9. The normalized spacial score (nSPS) is 11.3. The highest BCUT2D eigenvalue weighted by atomic mass is 31.1. The van der Waals surface area contributed by atoms with Crippen LogP contribution in [-0.4, -0.2) is 65.6 Å². The maximum absolute atomic E-state index is 5.88. The van der Waals surface area contributed by atoms with Crippen LogP contribution in [0.25, 0.3) is 0 Å². The summed E-state index contributed by atoms with van der Waals surface area (Å²) in [5, 5.41) is 2.77. The van der Waals surface area contributed by atoms with Gasteiger partial charge in [-0.1, -0.05) is 112 Å². The van der Waals surface area contributed by atoms with Crippen LogP contribution in [0.3, 0.4) is 0 Å². The van der Waals surface area contributed by atoms with E-state index in [-0.39, 0.29) is 0 Å². The van der Waals surface area contributed by atoms with Crippen molar-refractivity contribution in [3.05, 3.63) is 90.5 Å². The van der Waals surface area contributed by atoms with Gasteiger partial charge in [0.2, 0.25) is 0 Å². The topological polar surface area (TPSA) is 46.2 Å². The lowest BCUT2D eigenvalue weighted by atomic mass is 10.0. The maximum Gasteiger partial charge on any atom is 0.119 e. The van der Waals surface area contributed by atoms with E-state index in [9.17, 15) is 0 Å². The van der Waals surface area contributed by atoms with Crippen molar-refractivity contribution >= 4 is 18.5 Å². The van der Waals surface area contributed by atoms with Gasteiger partial charge in [0.25, 0.3) is 0 Å². The van der Waals surface area contributed by atoms with Crippen LogP contribution in [0, 0.1) is 0 Å². The molecule has 3 aromatic carbocycles. The molecule has 42 heavy (non-hydrogen) atoms. The van der Waals surface area contributed by atoms with Crippen molar-refractivity contribution in [2.75, 3.05) is 65.6 Å². The van der Waals surface area contributed by atoms with Crippen LogP contribution in [0.1, 0.15) is 51.0 Å². The van der Waals surface area contributed by atoms with Crippen LogP contribution in [0.5, 0.6) is 5.75 Å². The van der Waals surface area contributed by atoms with Crippen LogP contribution in [0.2, 0.25) is 0 Å². The number of unbranched alkanes of at least 4 members (excludes halogenated alkanes) is 5. The number of benzene rings is 3. The zero-order valence-corrected chi connectivity index (χ0v) is 26.5. The zero-order chi connectivity index (χ0) is 29.3. The Morgan fingerprint density at radius 2 is 0.952 bits per heavy atom. The van der Waals surface area contributed by atoms with Gasteiger partial charge >= 0.3 is 0 Å². The lowest BCUT2D eigenvalue weighted by Crippen LogP contribution is -2.17. The molecular formula is C36H51O5P. The highest BCUT2D eigenvalue weighted by Gasteiger charge is 2.13. The highest BCUT2D eigenvalue weighted by molar-refractivity contribution is 7.73. The summed E-state index contributed by atoms with van der Waals surface area (Å²) in [5.41, 5.74) is 1.39. The Balaban J connectivity index is 1.10. The van der Waals surface area contributed by atoms with Crippen molar-refractivity contribution in [3.63, 3.8) is 0 Å². The minimum atomic E-state index is -0.414. The van der Waals surface area contributed by atoms with E-state index in [1.807, 2.05) is 0 Å². The summed E-state index contributed by atoms with van der Waals surface area (Å²) in [4.78, 5) is 0. The second kappa shape index (κ2) is 23.2. The van der Waals surface area contributed by atoms with E-state index in [1.165, 1.54) is 54.7 Å². The first-order valence-electron chi connectivity index (χ1n) is 15.8. The van der Waals surface area contributed by atoms with Crippen molar-refractivity contribution in [3.8, 4) is 5.75 Å². The summed E-state index contributed by atoms with van der Waals surface area (Å²) in [5.74, 6) is 0.899. The molecule has 3 aromatic rings. The fraction of sp³-hybridized carbons (Fsp3) is 0.500. The summed E-state index contributed by atoms with van der Waals surface area (Å²) >= 11 is 0. The van der Waals surface area contributed by atoms with E-state index in [1.54, 1.807) is 0 Å². The van der Waals surface area contributed by atoms with Gasteiger partial charge in [-0.05, 0) is 55.2 Å². The SMILES string of the molecule is CCCCCCCCc1ccc(OCCOCCOCCOCCOCCP(c2ccccc2)c2ccccc2)cc1. The number of aryl methyl sites for hydroxylation is 1. The minimum absolute atomic E-state index is 0.414. The molecule has 0 heterocycles. The molecule has 0 saturated carbocycles. The maximum atomic E-state index is 5.88. The van der Waals surface area contributed by atoms with Crippen molar-refractivity contribution in [2.45, 2.75) is 51.9 Å². The molecule has 0 aliphatic rings. The summed E-state index contributed by atoms with van der Waals surface area (Å²) in [7, 11) is -0.414. The first-order valence-corrected chi connectivity index (χ1v) is 17.3. The van der Waals surface area contributed by atoms with E-state index >= 15 is 0 Å². The molecular weight excluding hydrogens is 543 g/mol. The van der Waals surface area contributed by atoms with Gasteiger partial charge in [0.15, 0.2) is 0 Å². The Hall–Kier alpha value is -2.27. The van der Waals surface area contributed by atoms with Gasteiger partial charge in [0.1, 0.15) is 12.4 Å². The van der Waals surface area contributed by atoms with Gasteiger partial charge in [0, 0.05) is 0 Å². The van der Waals surface area contributed by atoms with Crippen molar-refractivity contribution < 1.29 is 23.7 Å². The lowest BCUT2D eigenvalue weighted by Gasteiger charge is -2.18. The molecule has 3 rings (SSSR count). The van der Waals surface area contributed by atoms with Crippen molar-refractivity contribution in [2.24, 2.45) is 0 Å². The predicted molar refractivity (Wildman–Crippen MR) is 176 cm³/mol. The first kappa shape index (κ1) is 34.2. The predicted octanol–water partition coefficient (Wildman–Crippen LogP) is 7.17. The molecule has 0 unspecified atom stereocenters. The quantitative estimate of drug-likeness (QED) is 0.0769. The molecule has 0 aliphatic carbocycles. The molecule has 6 heteroatoms. The Bertz CT molecular complexity index is 976. The van der Waals surface area contributed by atoms with E-state index in [0.29, 0.717) is 52.9 Å². The second-order valence-electron chi connectivity index (χ2n) is 10.3. The first-order chi connectivity index (χ1) is 20.9. The van der Waals surface area contributed by atoms with E-state index < -0.39 is 7.92 Å². The molecule has 0 radical (unpaired) electrons. The second-order valence-corrected chi connectivity index (χ2v) is 12.6. The molecule has 0 saturated heterocycles. The smallest absolute Gasteiger partial charge is 0.119 e. The largest absolute Gasteiger partial charge is 0.491 e. The van der Waals surface area contributed by atoms with Crippen LogP contribution in [0.15, 0.2) is 84.9 Å². The van der Waals surface area contributed by atoms with E-state index in [2.05, 4.69) is 91.9 Å². The Labute approximate surface area is 255 Å². The molecule has 5 nitrogen and oxygen atoms in total. The Morgan fingerprint density at radius 1 is 0.476 bits per heavy atom. The van der Waals surface area contributed by atoms with Gasteiger partial charge < -0.3 is 23.7 Å². The fourth-order valence-electron chi connectivity index (χ4n) is 4.62. The summed E-state index contributed by atoms with van der Waals surface area (Å²) in [6.45, 7) is 7.46. The third-order valence-electron chi connectivity index (χ3n) is 6.95. The van der Waals surface area contributed by atoms with Crippen molar-refractivity contribution in [1.29, 1.82) is 0 Å². The molecule has 0 atom stereocenters. The van der Waals surface area contributed by atoms with Crippen LogP contribution >= 0.6 is 7.92 Å². The van der Waals surface area contributed by atoms with Crippen LogP contribution < -0.4 is 15.3 Å². The molecule has 230 valence electrons. The van der Waals surface area contributed by atoms with Gasteiger partial charge in [0.05, 0.1) is 52.9 Å². The van der Waals surface area contributed by atoms with Gasteiger partial charge in [-0.2, -0.15) is 0 Å². The van der Waals surface area contributed by atoms with E-state index in [0.717, 1.165) is 24.9 Å². The molecule has 0 N–H and O–H groups in total. The van der Waals surface area contributed by atoms with Crippen LogP contribution in [0.4, 0.5) is 0 Å². The third kappa shape index (κ3) is 15.3. The molecule has 0 amide bonds. The van der Waals surface area contributed by atoms with Crippen LogP contribution in [-0.2, 0) is 25.4 Å². The number of hydrogen-bond acceptors (Lipinski definition) is 5. The highest BCUT2D eigenvalue weighted by Crippen LogP contribution is 2.32. The molecule has 0 spiro atoms. The lowest BCUT2D eigenvalue weighted by molar-refractivity contribution is -0.00323. The molecule has 0 fully saturated rings. The summed E-state index contributed by atoms with van der Waals surface area (Å²) < 4.78 is 28.5. The number of hydrogen-bond donors (Lipinski definition) is 0. The molecule has 0 aliphatic heterocycles. The Morgan fingerprint density at radius 3 is 1.50 bits per heavy atom. The molecule has 0 aromatic heterocycles. The summed E-state index contributed by atoms with van der Waals surface area (Å²) in [6.07, 6.45) is 10.2. The van der Waals surface area contributed by atoms with Crippen molar-refractivity contribution in [1.82, 2.24) is 0 Å². The third-order valence-corrected chi connectivity index (χ3v) is 9.42. The minimum Gasteiger partial charge on any atom is -0.491 e. The van der Waals surface area contributed by atoms with Gasteiger partial charge in [-0.3, -0.25) is 0 Å². The standard InChI is InChI=1S/C36H51O5P/c1-2-3-4-5-6-9-14-33-19-21-34(22-20-33)41-30-29-39-26-25-37-23-24-38-27-28-40-31-32-42(35-15-10-7-11-16-35)36-17-12-8-13-18-36/h7-8,10-13,15-22H,2-6,9,14,23-32H2,1H3. The molecule has 0 bridgehead atoms. The number of rotatable bonds is 25. The average Bonchev–Trinajstić information content (AvgIpc) is 3.04. The average molecular weight is 595 g/mol. The fourth-order valence-corrected chi connectivity index (χ4v) is 6.81. The van der Waals surface area contributed by atoms with E-state index in [4.69, 9.17) is 23.7 Å². The van der Waals surface area contributed by atoms with Gasteiger partial charge in [-0.25, -0.2) is 0 Å². The summed E-state index contributed by atoms with van der Waals surface area (Å²) in [6, 6.07) is 30.0. The zero-order valence-electron chi connectivity index (χ0n) is 25.6.